The molecular weight excluding hydrogens is 552 g/mol. The molecular formula is C29H32N2O11. The number of fused-ring (bicyclic) bond motifs is 1. The van der Waals surface area contributed by atoms with E-state index < -0.39 is 66.2 Å². The minimum absolute atomic E-state index is 0.158. The predicted octanol–water partition coefficient (Wildman–Crippen LogP) is 2.80. The second kappa shape index (κ2) is 12.6. The van der Waals surface area contributed by atoms with Crippen molar-refractivity contribution >= 4 is 29.9 Å². The van der Waals surface area contributed by atoms with E-state index in [-0.39, 0.29) is 13.2 Å². The van der Waals surface area contributed by atoms with Crippen LogP contribution in [0.15, 0.2) is 60.7 Å². The molecule has 0 aliphatic carbocycles. The minimum Gasteiger partial charge on any atom is -0.459 e. The Morgan fingerprint density at radius 1 is 0.905 bits per heavy atom. The van der Waals surface area contributed by atoms with E-state index in [1.54, 1.807) is 74.5 Å². The van der Waals surface area contributed by atoms with Gasteiger partial charge in [-0.05, 0) is 38.8 Å². The van der Waals surface area contributed by atoms with Gasteiger partial charge in [-0.3, -0.25) is 4.79 Å². The molecule has 0 aromatic heterocycles. The molecule has 0 unspecified atom stereocenters. The van der Waals surface area contributed by atoms with Gasteiger partial charge in [-0.1, -0.05) is 60.7 Å². The van der Waals surface area contributed by atoms with Crippen LogP contribution in [-0.2, 0) is 56.0 Å². The number of cyclic esters (lactones) is 1. The molecule has 4 rings (SSSR count). The number of ketones is 1. The van der Waals surface area contributed by atoms with E-state index in [1.807, 2.05) is 0 Å². The second-order valence-electron chi connectivity index (χ2n) is 10.3. The average molecular weight is 585 g/mol. The molecule has 2 aromatic carbocycles. The molecule has 2 aromatic rings. The Labute approximate surface area is 241 Å². The first-order chi connectivity index (χ1) is 19.9. The Hall–Kier alpha value is -4.49. The van der Waals surface area contributed by atoms with Crippen LogP contribution < -0.4 is 5.43 Å². The largest absolute Gasteiger partial charge is 0.459 e. The highest BCUT2D eigenvalue weighted by molar-refractivity contribution is 6.09. The highest BCUT2D eigenvalue weighted by Gasteiger charge is 2.57. The van der Waals surface area contributed by atoms with Gasteiger partial charge in [0.2, 0.25) is 5.54 Å². The summed E-state index contributed by atoms with van der Waals surface area (Å²) < 4.78 is 32.4. The van der Waals surface area contributed by atoms with Gasteiger partial charge < -0.3 is 28.4 Å². The summed E-state index contributed by atoms with van der Waals surface area (Å²) in [5, 5.41) is 0.426. The molecule has 1 N–H and O–H groups in total. The second-order valence-corrected chi connectivity index (χ2v) is 10.3. The molecule has 2 aliphatic rings. The van der Waals surface area contributed by atoms with Gasteiger partial charge in [0.1, 0.15) is 25.9 Å². The number of esters is 2. The SMILES string of the molecule is CC(=O)[C@](C)(C(=O)OC[C@H]1OC(=O)[C@@H]2OC(C)(C)O[C@H]12)N(NC(=O)OCc1ccccc1)C(=O)OCc1ccccc1. The number of hydrogen-bond donors (Lipinski definition) is 1. The number of carbonyl (C=O) groups excluding carboxylic acids is 5. The van der Waals surface area contributed by atoms with Crippen molar-refractivity contribution in [2.75, 3.05) is 6.61 Å². The smallest absolute Gasteiger partial charge is 0.430 e. The molecule has 224 valence electrons. The van der Waals surface area contributed by atoms with E-state index in [9.17, 15) is 24.0 Å². The third-order valence-electron chi connectivity index (χ3n) is 6.71. The van der Waals surface area contributed by atoms with Crippen molar-refractivity contribution in [2.45, 2.75) is 70.5 Å². The summed E-state index contributed by atoms with van der Waals surface area (Å²) in [6.07, 6.45) is -5.27. The maximum absolute atomic E-state index is 13.4. The Balaban J connectivity index is 1.50. The predicted molar refractivity (Wildman–Crippen MR) is 142 cm³/mol. The molecule has 2 heterocycles. The van der Waals surface area contributed by atoms with Crippen molar-refractivity contribution in [2.24, 2.45) is 0 Å². The van der Waals surface area contributed by atoms with Gasteiger partial charge in [-0.15, -0.1) is 0 Å². The number of ether oxygens (including phenoxy) is 6. The zero-order valence-corrected chi connectivity index (χ0v) is 23.6. The van der Waals surface area contributed by atoms with E-state index in [4.69, 9.17) is 28.4 Å². The van der Waals surface area contributed by atoms with E-state index in [0.29, 0.717) is 16.1 Å². The molecule has 2 aliphatic heterocycles. The summed E-state index contributed by atoms with van der Waals surface area (Å²) in [5.74, 6) is -3.84. The van der Waals surface area contributed by atoms with Crippen LogP contribution in [0.2, 0.25) is 0 Å². The lowest BCUT2D eigenvalue weighted by Crippen LogP contribution is -2.66. The van der Waals surface area contributed by atoms with E-state index in [0.717, 1.165) is 13.8 Å². The number of hydrogen-bond acceptors (Lipinski definition) is 11. The summed E-state index contributed by atoms with van der Waals surface area (Å²) in [6, 6.07) is 17.4. The maximum Gasteiger partial charge on any atom is 0.430 e. The number of Topliss-reactive ketones (excluding diaryl/α,β-unsaturated/α-hetero) is 1. The van der Waals surface area contributed by atoms with Crippen molar-refractivity contribution in [1.82, 2.24) is 10.4 Å². The third kappa shape index (κ3) is 6.86. The Bertz CT molecular complexity index is 1320. The molecule has 4 atom stereocenters. The standard InChI is InChI=1S/C29H32N2O11/c1-18(32)29(4,25(34)37-17-21-22-23(24(33)40-21)42-28(2,3)41-22)31(27(36)39-16-20-13-9-6-10-14-20)30-26(35)38-15-19-11-7-5-8-12-19/h5-14,21-23H,15-17H2,1-4H3,(H,30,35)/t21-,22-,23-,29-/m1/s1. The number of carbonyl (C=O) groups is 5. The molecule has 13 heteroatoms. The van der Waals surface area contributed by atoms with E-state index in [1.165, 1.54) is 0 Å². The first kappa shape index (κ1) is 30.5. The average Bonchev–Trinajstić information content (AvgIpc) is 3.44. The quantitative estimate of drug-likeness (QED) is 0.200. The van der Waals surface area contributed by atoms with Gasteiger partial charge in [-0.25, -0.2) is 24.6 Å². The third-order valence-corrected chi connectivity index (χ3v) is 6.71. The molecule has 2 saturated heterocycles. The summed E-state index contributed by atoms with van der Waals surface area (Å²) in [4.78, 5) is 64.6. The van der Waals surface area contributed by atoms with Crippen LogP contribution in [0.4, 0.5) is 9.59 Å². The first-order valence-corrected chi connectivity index (χ1v) is 13.1. The number of rotatable bonds is 9. The molecule has 0 bridgehead atoms. The number of amides is 2. The summed E-state index contributed by atoms with van der Waals surface area (Å²) in [5.41, 5.74) is 1.02. The van der Waals surface area contributed by atoms with Crippen LogP contribution in [0.25, 0.3) is 0 Å². The van der Waals surface area contributed by atoms with Gasteiger partial charge in [0.05, 0.1) is 0 Å². The monoisotopic (exact) mass is 584 g/mol. The Morgan fingerprint density at radius 3 is 2.05 bits per heavy atom. The van der Waals surface area contributed by atoms with Crippen molar-refractivity contribution in [3.63, 3.8) is 0 Å². The molecule has 0 saturated carbocycles. The fraction of sp³-hybridized carbons (Fsp3) is 0.414. The molecule has 0 spiro atoms. The molecule has 2 amide bonds. The van der Waals surface area contributed by atoms with Gasteiger partial charge in [0, 0.05) is 0 Å². The normalized spacial score (nSPS) is 21.7. The Morgan fingerprint density at radius 2 is 1.48 bits per heavy atom. The van der Waals surface area contributed by atoms with Crippen molar-refractivity contribution < 1.29 is 52.4 Å². The molecule has 13 nitrogen and oxygen atoms in total. The van der Waals surface area contributed by atoms with Gasteiger partial charge >= 0.3 is 24.1 Å². The van der Waals surface area contributed by atoms with Crippen LogP contribution in [0.5, 0.6) is 0 Å². The number of nitrogens with zero attached hydrogens (tertiary/aromatic N) is 1. The fourth-order valence-corrected chi connectivity index (χ4v) is 4.32. The van der Waals surface area contributed by atoms with Gasteiger partial charge in [0.15, 0.2) is 23.8 Å². The summed E-state index contributed by atoms with van der Waals surface area (Å²) in [6.45, 7) is 4.47. The number of hydrazine groups is 1. The zero-order valence-electron chi connectivity index (χ0n) is 23.6. The van der Waals surface area contributed by atoms with Crippen molar-refractivity contribution in [1.29, 1.82) is 0 Å². The summed E-state index contributed by atoms with van der Waals surface area (Å²) >= 11 is 0. The van der Waals surface area contributed by atoms with Crippen LogP contribution >= 0.6 is 0 Å². The van der Waals surface area contributed by atoms with Crippen LogP contribution in [0.3, 0.4) is 0 Å². The lowest BCUT2D eigenvalue weighted by molar-refractivity contribution is -0.192. The highest BCUT2D eigenvalue weighted by atomic mass is 16.8. The maximum atomic E-state index is 13.4. The lowest BCUT2D eigenvalue weighted by Gasteiger charge is -2.35. The summed E-state index contributed by atoms with van der Waals surface area (Å²) in [7, 11) is 0. The zero-order chi connectivity index (χ0) is 30.5. The van der Waals surface area contributed by atoms with Crippen LogP contribution in [0, 0.1) is 0 Å². The minimum atomic E-state index is -2.41. The lowest BCUT2D eigenvalue weighted by atomic mass is 9.97. The fourth-order valence-electron chi connectivity index (χ4n) is 4.32. The molecule has 42 heavy (non-hydrogen) atoms. The van der Waals surface area contributed by atoms with Crippen LogP contribution in [-0.4, -0.2) is 71.2 Å². The van der Waals surface area contributed by atoms with Crippen LogP contribution in [0.1, 0.15) is 38.8 Å². The molecule has 2 fully saturated rings. The topological polar surface area (TPSA) is 156 Å². The highest BCUT2D eigenvalue weighted by Crippen LogP contribution is 2.36. The van der Waals surface area contributed by atoms with E-state index >= 15 is 0 Å². The van der Waals surface area contributed by atoms with Gasteiger partial charge in [0.25, 0.3) is 0 Å². The molecule has 0 radical (unpaired) electrons. The van der Waals surface area contributed by atoms with Crippen molar-refractivity contribution in [3.05, 3.63) is 71.8 Å². The number of nitrogens with one attached hydrogen (secondary N) is 1. The number of benzene rings is 2. The van der Waals surface area contributed by atoms with Gasteiger partial charge in [-0.2, -0.15) is 5.01 Å². The van der Waals surface area contributed by atoms with Crippen molar-refractivity contribution in [3.8, 4) is 0 Å². The Kier molecular flexibility index (Phi) is 9.12. The van der Waals surface area contributed by atoms with E-state index in [2.05, 4.69) is 5.43 Å². The first-order valence-electron chi connectivity index (χ1n) is 13.1.